The molecule has 2 aromatic rings. The van der Waals surface area contributed by atoms with Gasteiger partial charge in [0.25, 0.3) is 5.91 Å². The molecule has 29 heavy (non-hydrogen) atoms. The minimum Gasteiger partial charge on any atom is -0.273 e. The molecule has 0 fully saturated rings. The Morgan fingerprint density at radius 2 is 1.59 bits per heavy atom. The number of halogens is 2. The van der Waals surface area contributed by atoms with Gasteiger partial charge in [-0.2, -0.15) is 4.72 Å². The molecule has 1 atom stereocenters. The molecule has 0 aliphatic carbocycles. The summed E-state index contributed by atoms with van der Waals surface area (Å²) in [5.74, 6) is -2.02. The van der Waals surface area contributed by atoms with Crippen molar-refractivity contribution in [1.82, 2.24) is 15.6 Å². The first-order valence-corrected chi connectivity index (χ1v) is 11.0. The van der Waals surface area contributed by atoms with Crippen molar-refractivity contribution in [2.45, 2.75) is 31.2 Å². The molecule has 0 aliphatic heterocycles. The van der Waals surface area contributed by atoms with Crippen molar-refractivity contribution in [3.8, 4) is 0 Å². The van der Waals surface area contributed by atoms with Crippen molar-refractivity contribution in [3.63, 3.8) is 0 Å². The standard InChI is InChI=1S/C19H21BrFN3O4S/c1-12(2)18(24-29(27,28)16-9-5-14(20)6-10-16)19(26)23-22-17(25)11-13-3-7-15(21)8-4-13/h3-10,12,18,24H,11H2,1-2H3,(H,22,25)(H,23,26)/t18-/m0/s1. The molecule has 0 spiro atoms. The zero-order chi connectivity index (χ0) is 21.6. The van der Waals surface area contributed by atoms with E-state index in [4.69, 9.17) is 0 Å². The van der Waals surface area contributed by atoms with E-state index in [1.54, 1.807) is 26.0 Å². The molecule has 0 aromatic heterocycles. The van der Waals surface area contributed by atoms with Gasteiger partial charge < -0.3 is 0 Å². The Bertz CT molecular complexity index is 964. The van der Waals surface area contributed by atoms with E-state index >= 15 is 0 Å². The van der Waals surface area contributed by atoms with Crippen LogP contribution in [0.2, 0.25) is 0 Å². The lowest BCUT2D eigenvalue weighted by Gasteiger charge is -2.21. The smallest absolute Gasteiger partial charge is 0.256 e. The van der Waals surface area contributed by atoms with Gasteiger partial charge in [-0.05, 0) is 47.9 Å². The average molecular weight is 486 g/mol. The molecule has 156 valence electrons. The van der Waals surface area contributed by atoms with Crippen molar-refractivity contribution >= 4 is 37.8 Å². The fourth-order valence-corrected chi connectivity index (χ4v) is 3.99. The molecule has 3 N–H and O–H groups in total. The topological polar surface area (TPSA) is 104 Å². The third-order valence-electron chi connectivity index (χ3n) is 3.96. The summed E-state index contributed by atoms with van der Waals surface area (Å²) in [6.07, 6.45) is -0.0719. The van der Waals surface area contributed by atoms with Crippen LogP contribution < -0.4 is 15.6 Å². The number of carbonyl (C=O) groups excluding carboxylic acids is 2. The van der Waals surface area contributed by atoms with Crippen molar-refractivity contribution in [1.29, 1.82) is 0 Å². The van der Waals surface area contributed by atoms with E-state index in [-0.39, 0.29) is 17.2 Å². The first kappa shape index (κ1) is 23.0. The summed E-state index contributed by atoms with van der Waals surface area (Å²) >= 11 is 3.23. The van der Waals surface area contributed by atoms with Crippen LogP contribution in [-0.4, -0.2) is 26.3 Å². The highest BCUT2D eigenvalue weighted by Gasteiger charge is 2.28. The highest BCUT2D eigenvalue weighted by atomic mass is 79.9. The Morgan fingerprint density at radius 3 is 2.14 bits per heavy atom. The van der Waals surface area contributed by atoms with E-state index in [9.17, 15) is 22.4 Å². The summed E-state index contributed by atoms with van der Waals surface area (Å²) in [6, 6.07) is 10.2. The summed E-state index contributed by atoms with van der Waals surface area (Å²) < 4.78 is 41.1. The normalized spacial score (nSPS) is 12.4. The number of hydrazine groups is 1. The summed E-state index contributed by atoms with van der Waals surface area (Å²) in [5.41, 5.74) is 5.04. The molecule has 0 radical (unpaired) electrons. The molecule has 0 saturated carbocycles. The highest BCUT2D eigenvalue weighted by Crippen LogP contribution is 2.16. The molecule has 0 heterocycles. The van der Waals surface area contributed by atoms with Crippen LogP contribution in [0, 0.1) is 11.7 Å². The first-order valence-electron chi connectivity index (χ1n) is 8.69. The highest BCUT2D eigenvalue weighted by molar-refractivity contribution is 9.10. The minimum atomic E-state index is -3.94. The molecular formula is C19H21BrFN3O4S. The molecule has 10 heteroatoms. The second-order valence-electron chi connectivity index (χ2n) is 6.64. The van der Waals surface area contributed by atoms with Crippen LogP contribution in [0.1, 0.15) is 19.4 Å². The lowest BCUT2D eigenvalue weighted by Crippen LogP contribution is -2.54. The maximum atomic E-state index is 12.9. The van der Waals surface area contributed by atoms with Gasteiger partial charge in [0.05, 0.1) is 11.3 Å². The van der Waals surface area contributed by atoms with E-state index < -0.39 is 33.7 Å². The van der Waals surface area contributed by atoms with Gasteiger partial charge in [-0.3, -0.25) is 20.4 Å². The van der Waals surface area contributed by atoms with Crippen LogP contribution >= 0.6 is 15.9 Å². The predicted molar refractivity (Wildman–Crippen MR) is 109 cm³/mol. The Balaban J connectivity index is 1.99. The van der Waals surface area contributed by atoms with Crippen LogP contribution in [0.25, 0.3) is 0 Å². The number of sulfonamides is 1. The van der Waals surface area contributed by atoms with Crippen LogP contribution in [0.5, 0.6) is 0 Å². The third kappa shape index (κ3) is 6.91. The summed E-state index contributed by atoms with van der Waals surface area (Å²) in [4.78, 5) is 24.4. The lowest BCUT2D eigenvalue weighted by atomic mass is 10.1. The van der Waals surface area contributed by atoms with Gasteiger partial charge in [0, 0.05) is 4.47 Å². The van der Waals surface area contributed by atoms with Gasteiger partial charge in [-0.1, -0.05) is 41.9 Å². The maximum Gasteiger partial charge on any atom is 0.256 e. The van der Waals surface area contributed by atoms with E-state index in [2.05, 4.69) is 31.5 Å². The Kier molecular flexibility index (Phi) is 7.88. The lowest BCUT2D eigenvalue weighted by molar-refractivity contribution is -0.130. The number of benzene rings is 2. The van der Waals surface area contributed by atoms with E-state index in [0.717, 1.165) is 4.47 Å². The van der Waals surface area contributed by atoms with Crippen LogP contribution in [-0.2, 0) is 26.0 Å². The van der Waals surface area contributed by atoms with Gasteiger partial charge in [0.2, 0.25) is 15.9 Å². The van der Waals surface area contributed by atoms with Gasteiger partial charge in [-0.25, -0.2) is 12.8 Å². The average Bonchev–Trinajstić information content (AvgIpc) is 2.66. The monoisotopic (exact) mass is 485 g/mol. The summed E-state index contributed by atoms with van der Waals surface area (Å²) in [7, 11) is -3.94. The molecule has 2 aromatic carbocycles. The minimum absolute atomic E-state index is 0.0134. The molecule has 0 bridgehead atoms. The molecule has 0 unspecified atom stereocenters. The van der Waals surface area contributed by atoms with Crippen LogP contribution in [0.4, 0.5) is 4.39 Å². The molecule has 2 rings (SSSR count). The summed E-state index contributed by atoms with van der Waals surface area (Å²) in [6.45, 7) is 3.35. The van der Waals surface area contributed by atoms with Crippen molar-refractivity contribution < 1.29 is 22.4 Å². The van der Waals surface area contributed by atoms with Crippen LogP contribution in [0.3, 0.4) is 0 Å². The third-order valence-corrected chi connectivity index (χ3v) is 5.94. The zero-order valence-electron chi connectivity index (χ0n) is 15.8. The fraction of sp³-hybridized carbons (Fsp3) is 0.263. The van der Waals surface area contributed by atoms with Crippen LogP contribution in [0.15, 0.2) is 57.9 Å². The zero-order valence-corrected chi connectivity index (χ0v) is 18.2. The van der Waals surface area contributed by atoms with Gasteiger partial charge in [0.15, 0.2) is 0 Å². The molecule has 7 nitrogen and oxygen atoms in total. The quantitative estimate of drug-likeness (QED) is 0.523. The second-order valence-corrected chi connectivity index (χ2v) is 9.27. The number of rotatable bonds is 7. The van der Waals surface area contributed by atoms with E-state index in [1.807, 2.05) is 0 Å². The fourth-order valence-electron chi connectivity index (χ4n) is 2.38. The van der Waals surface area contributed by atoms with Gasteiger partial charge in [0.1, 0.15) is 11.9 Å². The van der Waals surface area contributed by atoms with Crippen molar-refractivity contribution in [2.24, 2.45) is 5.92 Å². The van der Waals surface area contributed by atoms with Gasteiger partial charge in [-0.15, -0.1) is 0 Å². The Labute approximate surface area is 177 Å². The van der Waals surface area contributed by atoms with E-state index in [0.29, 0.717) is 5.56 Å². The largest absolute Gasteiger partial charge is 0.273 e. The Hall–Kier alpha value is -2.30. The molecule has 0 aliphatic rings. The number of hydrogen-bond donors (Lipinski definition) is 3. The number of amides is 2. The molecule has 0 saturated heterocycles. The SMILES string of the molecule is CC(C)[C@H](NS(=O)(=O)c1ccc(Br)cc1)C(=O)NNC(=O)Cc1ccc(F)cc1. The van der Waals surface area contributed by atoms with Gasteiger partial charge >= 0.3 is 0 Å². The predicted octanol–water partition coefficient (Wildman–Crippen LogP) is 2.28. The maximum absolute atomic E-state index is 12.9. The first-order chi connectivity index (χ1) is 13.6. The van der Waals surface area contributed by atoms with Crippen molar-refractivity contribution in [2.75, 3.05) is 0 Å². The van der Waals surface area contributed by atoms with Crippen molar-refractivity contribution in [3.05, 3.63) is 64.4 Å². The number of hydrogen-bond acceptors (Lipinski definition) is 4. The number of nitrogens with one attached hydrogen (secondary N) is 3. The molecular weight excluding hydrogens is 465 g/mol. The summed E-state index contributed by atoms with van der Waals surface area (Å²) in [5, 5.41) is 0. The van der Waals surface area contributed by atoms with E-state index in [1.165, 1.54) is 36.4 Å². The second kappa shape index (κ2) is 9.95. The Morgan fingerprint density at radius 1 is 1.00 bits per heavy atom. The number of carbonyl (C=O) groups is 2. The molecule has 2 amide bonds.